The topological polar surface area (TPSA) is 29.9 Å². The Kier molecular flexibility index (Phi) is 5.85. The third kappa shape index (κ3) is 4.09. The summed E-state index contributed by atoms with van der Waals surface area (Å²) in [6.45, 7) is 8.09. The number of halogens is 2. The number of rotatable bonds is 6. The number of benzene rings is 1. The van der Waals surface area contributed by atoms with E-state index in [9.17, 15) is 0 Å². The molecule has 5 heteroatoms. The third-order valence-corrected chi connectivity index (χ3v) is 4.41. The Morgan fingerprint density at radius 3 is 2.71 bits per heavy atom. The number of hydrogen-bond donors (Lipinski definition) is 1. The van der Waals surface area contributed by atoms with Crippen LogP contribution in [0.5, 0.6) is 0 Å². The molecule has 0 radical (unpaired) electrons. The quantitative estimate of drug-likeness (QED) is 0.810. The number of nitrogens with zero attached hydrogens (tertiary/aromatic N) is 2. The first kappa shape index (κ1) is 16.5. The molecule has 114 valence electrons. The van der Waals surface area contributed by atoms with Gasteiger partial charge in [0.15, 0.2) is 0 Å². The fourth-order valence-corrected chi connectivity index (χ4v) is 3.53. The van der Waals surface area contributed by atoms with Crippen molar-refractivity contribution >= 4 is 27.5 Å². The van der Waals surface area contributed by atoms with Gasteiger partial charge in [-0.05, 0) is 44.2 Å². The highest BCUT2D eigenvalue weighted by atomic mass is 79.9. The van der Waals surface area contributed by atoms with Crippen LogP contribution < -0.4 is 5.32 Å². The number of aryl methyl sites for hydroxylation is 2. The summed E-state index contributed by atoms with van der Waals surface area (Å²) in [5.74, 6) is 0. The largest absolute Gasteiger partial charge is 0.310 e. The average Bonchev–Trinajstić information content (AvgIpc) is 2.78. The molecule has 1 atom stereocenters. The van der Waals surface area contributed by atoms with E-state index in [2.05, 4.69) is 57.0 Å². The van der Waals surface area contributed by atoms with Crippen LogP contribution in [-0.4, -0.2) is 16.3 Å². The first-order valence-corrected chi connectivity index (χ1v) is 8.43. The van der Waals surface area contributed by atoms with Gasteiger partial charge < -0.3 is 5.32 Å². The van der Waals surface area contributed by atoms with Crippen molar-refractivity contribution in [1.82, 2.24) is 15.1 Å². The van der Waals surface area contributed by atoms with Crippen molar-refractivity contribution in [2.75, 3.05) is 6.54 Å². The van der Waals surface area contributed by atoms with Gasteiger partial charge in [0.25, 0.3) is 0 Å². The van der Waals surface area contributed by atoms with Gasteiger partial charge in [-0.3, -0.25) is 4.68 Å². The summed E-state index contributed by atoms with van der Waals surface area (Å²) in [4.78, 5) is 0. The van der Waals surface area contributed by atoms with Gasteiger partial charge in [0.1, 0.15) is 0 Å². The van der Waals surface area contributed by atoms with E-state index >= 15 is 0 Å². The summed E-state index contributed by atoms with van der Waals surface area (Å²) in [5.41, 5.74) is 3.54. The predicted molar refractivity (Wildman–Crippen MR) is 91.9 cm³/mol. The molecule has 0 aliphatic rings. The molecule has 0 aliphatic heterocycles. The molecule has 3 nitrogen and oxygen atoms in total. The summed E-state index contributed by atoms with van der Waals surface area (Å²) >= 11 is 9.67. The smallest absolute Gasteiger partial charge is 0.0596 e. The van der Waals surface area contributed by atoms with Gasteiger partial charge in [-0.1, -0.05) is 40.5 Å². The molecular formula is C16H21BrClN3. The molecular weight excluding hydrogens is 350 g/mol. The monoisotopic (exact) mass is 369 g/mol. The maximum absolute atomic E-state index is 6.05. The minimum atomic E-state index is 0.239. The van der Waals surface area contributed by atoms with Gasteiger partial charge in [-0.15, -0.1) is 0 Å². The highest BCUT2D eigenvalue weighted by Crippen LogP contribution is 2.29. The van der Waals surface area contributed by atoms with E-state index in [-0.39, 0.29) is 6.04 Å². The van der Waals surface area contributed by atoms with Crippen molar-refractivity contribution in [1.29, 1.82) is 0 Å². The molecule has 1 aromatic heterocycles. The molecule has 0 aliphatic carbocycles. The lowest BCUT2D eigenvalue weighted by atomic mass is 10.0. The van der Waals surface area contributed by atoms with Crippen molar-refractivity contribution in [3.8, 4) is 0 Å². The zero-order valence-corrected chi connectivity index (χ0v) is 15.0. The highest BCUT2D eigenvalue weighted by Gasteiger charge is 2.17. The second-order valence-electron chi connectivity index (χ2n) is 5.07. The van der Waals surface area contributed by atoms with Crippen molar-refractivity contribution in [2.24, 2.45) is 0 Å². The number of aromatic nitrogens is 2. The second kappa shape index (κ2) is 7.43. The second-order valence-corrected chi connectivity index (χ2v) is 6.36. The minimum Gasteiger partial charge on any atom is -0.310 e. The van der Waals surface area contributed by atoms with E-state index in [1.165, 1.54) is 11.3 Å². The van der Waals surface area contributed by atoms with Crippen molar-refractivity contribution in [3.05, 3.63) is 50.7 Å². The van der Waals surface area contributed by atoms with Crippen LogP contribution >= 0.6 is 27.5 Å². The molecule has 0 saturated carbocycles. The lowest BCUT2D eigenvalue weighted by Crippen LogP contribution is -2.24. The first-order valence-electron chi connectivity index (χ1n) is 7.26. The molecule has 1 aromatic carbocycles. The van der Waals surface area contributed by atoms with E-state index < -0.39 is 0 Å². The number of hydrogen-bond acceptors (Lipinski definition) is 2. The van der Waals surface area contributed by atoms with Crippen LogP contribution in [0.4, 0.5) is 0 Å². The van der Waals surface area contributed by atoms with Crippen LogP contribution in [-0.2, 0) is 13.0 Å². The molecule has 0 fully saturated rings. The molecule has 1 N–H and O–H groups in total. The summed E-state index contributed by atoms with van der Waals surface area (Å²) < 4.78 is 3.11. The van der Waals surface area contributed by atoms with Crippen LogP contribution in [0.1, 0.15) is 36.8 Å². The lowest BCUT2D eigenvalue weighted by Gasteiger charge is -2.20. The van der Waals surface area contributed by atoms with Gasteiger partial charge in [0.2, 0.25) is 0 Å². The number of likely N-dealkylation sites (N-methyl/N-ethyl adjacent to an activating group) is 1. The predicted octanol–water partition coefficient (Wildman–Crippen LogP) is 4.52. The standard InChI is InChI=1S/C16H21BrClN3/c1-4-19-16(14-7-6-12(18)9-15(14)17)10-13-8-11(3)20-21(13)5-2/h6-9,16,19H,4-5,10H2,1-3H3. The number of nitrogens with one attached hydrogen (secondary N) is 1. The van der Waals surface area contributed by atoms with Gasteiger partial charge in [-0.25, -0.2) is 0 Å². The van der Waals surface area contributed by atoms with E-state index in [1.807, 2.05) is 19.1 Å². The maximum Gasteiger partial charge on any atom is 0.0596 e. The Morgan fingerprint density at radius 1 is 1.33 bits per heavy atom. The Balaban J connectivity index is 2.30. The van der Waals surface area contributed by atoms with Crippen molar-refractivity contribution in [3.63, 3.8) is 0 Å². The minimum absolute atomic E-state index is 0.239. The molecule has 0 bridgehead atoms. The van der Waals surface area contributed by atoms with E-state index in [0.29, 0.717) is 0 Å². The van der Waals surface area contributed by atoms with E-state index in [4.69, 9.17) is 11.6 Å². The molecule has 0 saturated heterocycles. The fraction of sp³-hybridized carbons (Fsp3) is 0.438. The fourth-order valence-electron chi connectivity index (χ4n) is 2.57. The van der Waals surface area contributed by atoms with Gasteiger partial charge in [0, 0.05) is 34.2 Å². The molecule has 2 aromatic rings. The first-order chi connectivity index (χ1) is 10.0. The Labute approximate surface area is 139 Å². The van der Waals surface area contributed by atoms with Crippen molar-refractivity contribution < 1.29 is 0 Å². The zero-order valence-electron chi connectivity index (χ0n) is 12.7. The van der Waals surface area contributed by atoms with Gasteiger partial charge >= 0.3 is 0 Å². The molecule has 1 heterocycles. The van der Waals surface area contributed by atoms with E-state index in [0.717, 1.165) is 34.7 Å². The van der Waals surface area contributed by atoms with Gasteiger partial charge in [0.05, 0.1) is 5.69 Å². The summed E-state index contributed by atoms with van der Waals surface area (Å²) in [7, 11) is 0. The molecule has 0 spiro atoms. The van der Waals surface area contributed by atoms with Crippen LogP contribution in [0.2, 0.25) is 5.02 Å². The normalized spacial score (nSPS) is 12.6. The average molecular weight is 371 g/mol. The lowest BCUT2D eigenvalue weighted by molar-refractivity contribution is 0.515. The molecule has 2 rings (SSSR count). The van der Waals surface area contributed by atoms with Gasteiger partial charge in [-0.2, -0.15) is 5.10 Å². The van der Waals surface area contributed by atoms with E-state index in [1.54, 1.807) is 0 Å². The molecule has 0 amide bonds. The Hall–Kier alpha value is -0.840. The maximum atomic E-state index is 6.05. The van der Waals surface area contributed by atoms with Crippen molar-refractivity contribution in [2.45, 2.75) is 39.8 Å². The summed E-state index contributed by atoms with van der Waals surface area (Å²) in [6, 6.07) is 8.37. The molecule has 1 unspecified atom stereocenters. The molecule has 21 heavy (non-hydrogen) atoms. The van der Waals surface area contributed by atoms with Crippen LogP contribution in [0.25, 0.3) is 0 Å². The van der Waals surface area contributed by atoms with Crippen LogP contribution in [0.15, 0.2) is 28.7 Å². The summed E-state index contributed by atoms with van der Waals surface area (Å²) in [5, 5.41) is 8.83. The highest BCUT2D eigenvalue weighted by molar-refractivity contribution is 9.10. The van der Waals surface area contributed by atoms with Crippen LogP contribution in [0, 0.1) is 6.92 Å². The Bertz CT molecular complexity index is 610. The summed E-state index contributed by atoms with van der Waals surface area (Å²) in [6.07, 6.45) is 0.906. The zero-order chi connectivity index (χ0) is 15.4. The Morgan fingerprint density at radius 2 is 2.10 bits per heavy atom. The SMILES string of the molecule is CCNC(Cc1cc(C)nn1CC)c1ccc(Cl)cc1Br. The third-order valence-electron chi connectivity index (χ3n) is 3.49. The van der Waals surface area contributed by atoms with Crippen LogP contribution in [0.3, 0.4) is 0 Å².